The molecule has 1 atom stereocenters. The largest absolute Gasteiger partial charge is 0.321 e. The summed E-state index contributed by atoms with van der Waals surface area (Å²) in [6.45, 7) is 6.14. The number of carbonyl (C=O) groups is 1. The average molecular weight is 547 g/mol. The molecule has 2 N–H and O–H groups in total. The summed E-state index contributed by atoms with van der Waals surface area (Å²) < 4.78 is 2.03. The van der Waals surface area contributed by atoms with Crippen LogP contribution in [-0.4, -0.2) is 26.5 Å². The van der Waals surface area contributed by atoms with Crippen molar-refractivity contribution in [2.45, 2.75) is 59.0 Å². The summed E-state index contributed by atoms with van der Waals surface area (Å²) in [7, 11) is 0. The molecular formula is C29H31ClN6OS. The predicted molar refractivity (Wildman–Crippen MR) is 155 cm³/mol. The first-order chi connectivity index (χ1) is 18.4. The molecular weight excluding hydrogens is 516 g/mol. The van der Waals surface area contributed by atoms with Gasteiger partial charge in [0.05, 0.1) is 5.71 Å². The molecule has 0 saturated heterocycles. The number of aromatic nitrogens is 3. The molecule has 3 heterocycles. The number of anilines is 1. The van der Waals surface area contributed by atoms with Gasteiger partial charge in [-0.2, -0.15) is 0 Å². The zero-order valence-corrected chi connectivity index (χ0v) is 23.4. The lowest BCUT2D eigenvalue weighted by atomic mass is 10.0. The molecule has 5 rings (SSSR count). The molecule has 1 aliphatic heterocycles. The van der Waals surface area contributed by atoms with E-state index in [1.54, 1.807) is 11.3 Å². The van der Waals surface area contributed by atoms with Crippen LogP contribution in [0.1, 0.15) is 72.0 Å². The second-order valence-electron chi connectivity index (χ2n) is 9.54. The molecule has 7 nitrogen and oxygen atoms in total. The Morgan fingerprint density at radius 2 is 1.87 bits per heavy atom. The van der Waals surface area contributed by atoms with Crippen molar-refractivity contribution in [2.24, 2.45) is 4.99 Å². The molecule has 38 heavy (non-hydrogen) atoms. The quantitative estimate of drug-likeness (QED) is 0.226. The van der Waals surface area contributed by atoms with E-state index < -0.39 is 6.17 Å². The van der Waals surface area contributed by atoms with Crippen molar-refractivity contribution in [1.29, 1.82) is 0 Å². The molecule has 4 aromatic rings. The van der Waals surface area contributed by atoms with Crippen molar-refractivity contribution in [2.75, 3.05) is 5.32 Å². The molecule has 2 aromatic heterocycles. The Hall–Kier alpha value is -3.49. The number of halogens is 1. The molecule has 1 aliphatic rings. The van der Waals surface area contributed by atoms with Gasteiger partial charge >= 0.3 is 6.03 Å². The van der Waals surface area contributed by atoms with E-state index in [2.05, 4.69) is 33.8 Å². The average Bonchev–Trinajstić information content (AvgIpc) is 3.45. The molecule has 196 valence electrons. The molecule has 0 fully saturated rings. The van der Waals surface area contributed by atoms with Gasteiger partial charge in [0.2, 0.25) is 0 Å². The number of aliphatic imine (C=N–C) groups is 1. The number of nitrogens with zero attached hydrogens (tertiary/aromatic N) is 4. The maximum Gasteiger partial charge on any atom is 0.321 e. The van der Waals surface area contributed by atoms with Crippen molar-refractivity contribution in [3.05, 3.63) is 92.8 Å². The third-order valence-electron chi connectivity index (χ3n) is 6.51. The van der Waals surface area contributed by atoms with Gasteiger partial charge in [-0.1, -0.05) is 62.1 Å². The minimum absolute atomic E-state index is 0.367. The van der Waals surface area contributed by atoms with Crippen LogP contribution in [0.2, 0.25) is 5.02 Å². The number of rotatable bonds is 8. The lowest BCUT2D eigenvalue weighted by Crippen LogP contribution is -2.33. The minimum Gasteiger partial charge on any atom is -0.309 e. The minimum atomic E-state index is -0.737. The molecule has 0 radical (unpaired) electrons. The molecule has 0 saturated carbocycles. The first-order valence-electron chi connectivity index (χ1n) is 13.0. The van der Waals surface area contributed by atoms with Crippen molar-refractivity contribution in [3.63, 3.8) is 0 Å². The lowest BCUT2D eigenvalue weighted by molar-refractivity contribution is 0.248. The van der Waals surface area contributed by atoms with Gasteiger partial charge in [0.15, 0.2) is 12.0 Å². The number of urea groups is 1. The predicted octanol–water partition coefficient (Wildman–Crippen LogP) is 7.39. The van der Waals surface area contributed by atoms with Crippen LogP contribution in [0.5, 0.6) is 0 Å². The normalized spacial score (nSPS) is 14.3. The van der Waals surface area contributed by atoms with E-state index in [9.17, 15) is 4.79 Å². The number of hydrogen-bond donors (Lipinski definition) is 2. The molecule has 9 heteroatoms. The van der Waals surface area contributed by atoms with Gasteiger partial charge in [0.25, 0.3) is 0 Å². The lowest BCUT2D eigenvalue weighted by Gasteiger charge is -2.15. The van der Waals surface area contributed by atoms with Gasteiger partial charge in [-0.15, -0.1) is 21.5 Å². The van der Waals surface area contributed by atoms with E-state index in [1.807, 2.05) is 66.9 Å². The Bertz CT molecular complexity index is 1470. The van der Waals surface area contributed by atoms with E-state index in [1.165, 1.54) is 24.1 Å². The molecule has 0 aliphatic carbocycles. The summed E-state index contributed by atoms with van der Waals surface area (Å²) in [5, 5.41) is 16.4. The highest BCUT2D eigenvalue weighted by Gasteiger charge is 2.31. The van der Waals surface area contributed by atoms with Crippen LogP contribution in [0.15, 0.2) is 59.6 Å². The Morgan fingerprint density at radius 1 is 1.05 bits per heavy atom. The Morgan fingerprint density at radius 3 is 2.63 bits per heavy atom. The van der Waals surface area contributed by atoms with Crippen LogP contribution in [-0.2, 0) is 6.42 Å². The van der Waals surface area contributed by atoms with Crippen molar-refractivity contribution >= 4 is 40.4 Å². The van der Waals surface area contributed by atoms with Crippen LogP contribution in [0.25, 0.3) is 5.00 Å². The summed E-state index contributed by atoms with van der Waals surface area (Å²) in [4.78, 5) is 19.5. The molecule has 2 aromatic carbocycles. The van der Waals surface area contributed by atoms with E-state index in [0.717, 1.165) is 46.1 Å². The van der Waals surface area contributed by atoms with Crippen LogP contribution in [0, 0.1) is 13.8 Å². The second kappa shape index (κ2) is 11.5. The third-order valence-corrected chi connectivity index (χ3v) is 7.94. The van der Waals surface area contributed by atoms with E-state index in [4.69, 9.17) is 16.6 Å². The fourth-order valence-electron chi connectivity index (χ4n) is 4.63. The highest BCUT2D eigenvalue weighted by Crippen LogP contribution is 2.36. The van der Waals surface area contributed by atoms with Gasteiger partial charge in [0.1, 0.15) is 10.8 Å². The number of benzene rings is 2. The number of fused-ring (bicyclic) bond motifs is 3. The molecule has 2 amide bonds. The van der Waals surface area contributed by atoms with Crippen LogP contribution in [0.3, 0.4) is 0 Å². The van der Waals surface area contributed by atoms with Crippen LogP contribution >= 0.6 is 22.9 Å². The second-order valence-corrected chi connectivity index (χ2v) is 11.1. The molecule has 1 unspecified atom stereocenters. The molecule has 0 spiro atoms. The van der Waals surface area contributed by atoms with Crippen LogP contribution in [0.4, 0.5) is 10.5 Å². The maximum atomic E-state index is 13.1. The van der Waals surface area contributed by atoms with Crippen molar-refractivity contribution in [1.82, 2.24) is 20.1 Å². The van der Waals surface area contributed by atoms with Crippen LogP contribution < -0.4 is 10.6 Å². The number of thiophene rings is 1. The number of hydrogen-bond acceptors (Lipinski definition) is 5. The SMILES string of the molecule is CCCCCCc1cc2c(s1)-n1c(C)nnc1C(NC(=O)Nc1cccc(C)c1)N=C2c1ccc(Cl)cc1. The van der Waals surface area contributed by atoms with Crippen molar-refractivity contribution in [3.8, 4) is 5.00 Å². The van der Waals surface area contributed by atoms with Crippen molar-refractivity contribution < 1.29 is 4.79 Å². The number of unbranched alkanes of at least 4 members (excludes halogenated alkanes) is 3. The summed E-state index contributed by atoms with van der Waals surface area (Å²) in [6, 6.07) is 17.2. The standard InChI is InChI=1S/C29H31ClN6OS/c1-4-5-6-7-11-23-17-24-25(20-12-14-21(30)15-13-20)32-26(27-35-34-19(3)36(27)28(24)38-23)33-29(37)31-22-10-8-9-18(2)16-22/h8-10,12-17,26H,4-7,11H2,1-3H3,(H2,31,33,37). The summed E-state index contributed by atoms with van der Waals surface area (Å²) >= 11 is 7.95. The number of aryl methyl sites for hydroxylation is 3. The first-order valence-corrected chi connectivity index (χ1v) is 14.2. The summed E-state index contributed by atoms with van der Waals surface area (Å²) in [5.74, 6) is 1.32. The number of carbonyl (C=O) groups excluding carboxylic acids is 1. The van der Waals surface area contributed by atoms with Gasteiger partial charge in [0, 0.05) is 26.7 Å². The van der Waals surface area contributed by atoms with Gasteiger partial charge < -0.3 is 10.6 Å². The number of amides is 2. The van der Waals surface area contributed by atoms with Gasteiger partial charge in [-0.25, -0.2) is 4.79 Å². The Balaban J connectivity index is 1.54. The fraction of sp³-hybridized carbons (Fsp3) is 0.310. The maximum absolute atomic E-state index is 13.1. The van der Waals surface area contributed by atoms with E-state index >= 15 is 0 Å². The van der Waals surface area contributed by atoms with Gasteiger partial charge in [-0.05, 0) is 62.6 Å². The van der Waals surface area contributed by atoms with Gasteiger partial charge in [-0.3, -0.25) is 9.56 Å². The zero-order chi connectivity index (χ0) is 26.6. The fourth-order valence-corrected chi connectivity index (χ4v) is 6.01. The van der Waals surface area contributed by atoms with E-state index in [-0.39, 0.29) is 6.03 Å². The summed E-state index contributed by atoms with van der Waals surface area (Å²) in [5.41, 5.74) is 4.50. The Labute approximate surface area is 232 Å². The number of nitrogens with one attached hydrogen (secondary N) is 2. The summed E-state index contributed by atoms with van der Waals surface area (Å²) in [6.07, 6.45) is 5.11. The monoisotopic (exact) mass is 546 g/mol. The topological polar surface area (TPSA) is 84.2 Å². The third kappa shape index (κ3) is 5.66. The van der Waals surface area contributed by atoms with E-state index in [0.29, 0.717) is 16.5 Å². The zero-order valence-electron chi connectivity index (χ0n) is 21.8. The Kier molecular flexibility index (Phi) is 7.90. The first kappa shape index (κ1) is 26.1. The highest BCUT2D eigenvalue weighted by molar-refractivity contribution is 7.15. The highest BCUT2D eigenvalue weighted by atomic mass is 35.5. The molecule has 0 bridgehead atoms. The smallest absolute Gasteiger partial charge is 0.309 e.